The van der Waals surface area contributed by atoms with Crippen LogP contribution in [-0.2, 0) is 4.79 Å². The Bertz CT molecular complexity index is 861. The minimum absolute atomic E-state index is 0.485. The highest BCUT2D eigenvalue weighted by Gasteiger charge is 2.13. The molecule has 2 aromatic heterocycles. The molecule has 0 bridgehead atoms. The van der Waals surface area contributed by atoms with Gasteiger partial charge in [0.2, 0.25) is 0 Å². The highest BCUT2D eigenvalue weighted by molar-refractivity contribution is 5.86. The van der Waals surface area contributed by atoms with Crippen LogP contribution in [-0.4, -0.2) is 38.1 Å². The molecule has 27 heavy (non-hydrogen) atoms. The van der Waals surface area contributed by atoms with Crippen LogP contribution in [0.3, 0.4) is 0 Å². The van der Waals surface area contributed by atoms with Crippen molar-refractivity contribution >= 4 is 16.7 Å². The second-order valence-electron chi connectivity index (χ2n) is 5.55. The summed E-state index contributed by atoms with van der Waals surface area (Å²) >= 11 is 0. The normalized spacial score (nSPS) is 10.7. The lowest BCUT2D eigenvalue weighted by molar-refractivity contribution is -0.138. The Balaban J connectivity index is 0.000000210. The summed E-state index contributed by atoms with van der Waals surface area (Å²) in [4.78, 5) is 23.7. The molecule has 0 aliphatic carbocycles. The number of benzene rings is 2. The Kier molecular flexibility index (Phi) is 7.59. The standard InChI is InChI=1S/C14H14O3.2C3H4N2/c1-9(14(15)16)10-3-4-12-8-13(17-2)6-5-11(12)7-10;2*1-2-5-3-4-1/h3-9H,1-2H3,(H,15,16);2*1-3H,(H,4,5)/t9-;;/m0../s1. The first-order valence-electron chi connectivity index (χ1n) is 8.28. The van der Waals surface area contributed by atoms with E-state index in [9.17, 15) is 4.79 Å². The molecule has 140 valence electrons. The van der Waals surface area contributed by atoms with Crippen LogP contribution in [0.5, 0.6) is 5.75 Å². The Morgan fingerprint density at radius 2 is 1.59 bits per heavy atom. The Labute approximate surface area is 157 Å². The predicted molar refractivity (Wildman–Crippen MR) is 104 cm³/mol. The number of carboxylic acid groups (broad SMARTS) is 1. The number of nitrogens with one attached hydrogen (secondary N) is 2. The number of aromatic nitrogens is 4. The maximum atomic E-state index is 10.9. The van der Waals surface area contributed by atoms with Gasteiger partial charge in [0.25, 0.3) is 0 Å². The molecule has 2 heterocycles. The maximum absolute atomic E-state index is 10.9. The van der Waals surface area contributed by atoms with E-state index in [0.29, 0.717) is 0 Å². The van der Waals surface area contributed by atoms with Crippen molar-refractivity contribution in [3.05, 3.63) is 79.4 Å². The van der Waals surface area contributed by atoms with Crippen molar-refractivity contribution in [2.75, 3.05) is 7.11 Å². The molecule has 0 aliphatic heterocycles. The van der Waals surface area contributed by atoms with Crippen molar-refractivity contribution < 1.29 is 14.6 Å². The first-order valence-corrected chi connectivity index (χ1v) is 8.28. The van der Waals surface area contributed by atoms with Crippen molar-refractivity contribution in [2.45, 2.75) is 12.8 Å². The largest absolute Gasteiger partial charge is 0.497 e. The van der Waals surface area contributed by atoms with Crippen LogP contribution in [0.2, 0.25) is 0 Å². The van der Waals surface area contributed by atoms with E-state index in [1.54, 1.807) is 51.5 Å². The zero-order valence-corrected chi connectivity index (χ0v) is 15.2. The number of nitrogens with zero attached hydrogens (tertiary/aromatic N) is 2. The number of rotatable bonds is 3. The van der Waals surface area contributed by atoms with Crippen LogP contribution in [0.15, 0.2) is 73.8 Å². The molecule has 0 amide bonds. The van der Waals surface area contributed by atoms with Crippen molar-refractivity contribution in [3.8, 4) is 5.75 Å². The summed E-state index contributed by atoms with van der Waals surface area (Å²) in [6.45, 7) is 1.69. The van der Waals surface area contributed by atoms with Crippen LogP contribution in [0, 0.1) is 0 Å². The number of hydrogen-bond donors (Lipinski definition) is 3. The summed E-state index contributed by atoms with van der Waals surface area (Å²) in [5, 5.41) is 11.0. The van der Waals surface area contributed by atoms with E-state index in [1.807, 2.05) is 36.4 Å². The average Bonchev–Trinajstić information content (AvgIpc) is 3.45. The molecule has 4 rings (SSSR count). The Hall–Kier alpha value is -3.61. The number of carbonyl (C=O) groups is 1. The van der Waals surface area contributed by atoms with Crippen molar-refractivity contribution in [1.29, 1.82) is 0 Å². The van der Waals surface area contributed by atoms with Gasteiger partial charge >= 0.3 is 5.97 Å². The van der Waals surface area contributed by atoms with Gasteiger partial charge in [-0.15, -0.1) is 0 Å². The Morgan fingerprint density at radius 1 is 1.00 bits per heavy atom. The quantitative estimate of drug-likeness (QED) is 0.511. The van der Waals surface area contributed by atoms with E-state index in [0.717, 1.165) is 22.1 Å². The molecule has 0 aliphatic rings. The monoisotopic (exact) mass is 366 g/mol. The lowest BCUT2D eigenvalue weighted by atomic mass is 9.98. The van der Waals surface area contributed by atoms with Crippen molar-refractivity contribution in [3.63, 3.8) is 0 Å². The first kappa shape index (κ1) is 19.7. The second-order valence-corrected chi connectivity index (χ2v) is 5.55. The van der Waals surface area contributed by atoms with Crippen LogP contribution in [0.4, 0.5) is 0 Å². The minimum Gasteiger partial charge on any atom is -0.497 e. The third-order valence-corrected chi connectivity index (χ3v) is 3.75. The van der Waals surface area contributed by atoms with Gasteiger partial charge in [0.05, 0.1) is 25.7 Å². The van der Waals surface area contributed by atoms with Gasteiger partial charge in [0.15, 0.2) is 0 Å². The molecule has 0 unspecified atom stereocenters. The SMILES string of the molecule is COc1ccc2cc([C@H](C)C(=O)O)ccc2c1.c1c[nH]cn1.c1c[nH]cn1. The molecule has 0 radical (unpaired) electrons. The molecular formula is C20H22N4O3. The zero-order chi connectivity index (χ0) is 19.5. The molecule has 0 saturated carbocycles. The smallest absolute Gasteiger partial charge is 0.310 e. The second kappa shape index (κ2) is 10.4. The molecule has 0 fully saturated rings. The first-order chi connectivity index (χ1) is 13.1. The summed E-state index contributed by atoms with van der Waals surface area (Å²) in [7, 11) is 1.63. The maximum Gasteiger partial charge on any atom is 0.310 e. The highest BCUT2D eigenvalue weighted by Crippen LogP contribution is 2.25. The van der Waals surface area contributed by atoms with Crippen LogP contribution in [0.1, 0.15) is 18.4 Å². The number of aliphatic carboxylic acids is 1. The molecule has 4 aromatic rings. The van der Waals surface area contributed by atoms with E-state index < -0.39 is 11.9 Å². The van der Waals surface area contributed by atoms with Gasteiger partial charge in [-0.25, -0.2) is 9.97 Å². The minimum atomic E-state index is -0.808. The van der Waals surface area contributed by atoms with Crippen LogP contribution >= 0.6 is 0 Å². The van der Waals surface area contributed by atoms with Gasteiger partial charge in [-0.2, -0.15) is 0 Å². The summed E-state index contributed by atoms with van der Waals surface area (Å²) in [6.07, 6.45) is 10.2. The molecule has 0 spiro atoms. The predicted octanol–water partition coefficient (Wildman–Crippen LogP) is 3.86. The molecule has 7 nitrogen and oxygen atoms in total. The number of hydrogen-bond acceptors (Lipinski definition) is 4. The number of imidazole rings is 2. The topological polar surface area (TPSA) is 104 Å². The molecule has 1 atom stereocenters. The van der Waals surface area contributed by atoms with E-state index in [4.69, 9.17) is 9.84 Å². The molecule has 2 aromatic carbocycles. The summed E-state index contributed by atoms with van der Waals surface area (Å²) in [5.41, 5.74) is 0.815. The highest BCUT2D eigenvalue weighted by atomic mass is 16.5. The number of aromatic amines is 2. The van der Waals surface area contributed by atoms with Crippen molar-refractivity contribution in [1.82, 2.24) is 19.9 Å². The number of ether oxygens (including phenoxy) is 1. The fraction of sp³-hybridized carbons (Fsp3) is 0.150. The summed E-state index contributed by atoms with van der Waals surface area (Å²) in [5.74, 6) is -0.490. The number of fused-ring (bicyclic) bond motifs is 1. The van der Waals surface area contributed by atoms with E-state index in [-0.39, 0.29) is 0 Å². The lowest BCUT2D eigenvalue weighted by Crippen LogP contribution is -2.06. The molecule has 7 heteroatoms. The van der Waals surface area contributed by atoms with Gasteiger partial charge < -0.3 is 19.8 Å². The number of carboxylic acids is 1. The van der Waals surface area contributed by atoms with Gasteiger partial charge in [-0.1, -0.05) is 24.3 Å². The van der Waals surface area contributed by atoms with Gasteiger partial charge in [0.1, 0.15) is 5.75 Å². The average molecular weight is 366 g/mol. The van der Waals surface area contributed by atoms with Crippen molar-refractivity contribution in [2.24, 2.45) is 0 Å². The summed E-state index contributed by atoms with van der Waals surface area (Å²) in [6, 6.07) is 11.4. The van der Waals surface area contributed by atoms with E-state index in [2.05, 4.69) is 19.9 Å². The van der Waals surface area contributed by atoms with E-state index in [1.165, 1.54) is 0 Å². The third-order valence-electron chi connectivity index (χ3n) is 3.75. The molecule has 0 saturated heterocycles. The third kappa shape index (κ3) is 6.32. The number of H-pyrrole nitrogens is 2. The fourth-order valence-corrected chi connectivity index (χ4v) is 2.21. The Morgan fingerprint density at radius 3 is 2.04 bits per heavy atom. The van der Waals surface area contributed by atoms with E-state index >= 15 is 0 Å². The van der Waals surface area contributed by atoms with Gasteiger partial charge in [-0.05, 0) is 35.4 Å². The van der Waals surface area contributed by atoms with Gasteiger partial charge in [-0.3, -0.25) is 4.79 Å². The molecular weight excluding hydrogens is 344 g/mol. The summed E-state index contributed by atoms with van der Waals surface area (Å²) < 4.78 is 5.14. The van der Waals surface area contributed by atoms with Gasteiger partial charge in [0, 0.05) is 24.8 Å². The van der Waals surface area contributed by atoms with Crippen LogP contribution in [0.25, 0.3) is 10.8 Å². The molecule has 3 N–H and O–H groups in total. The number of methoxy groups -OCH3 is 1. The zero-order valence-electron chi connectivity index (χ0n) is 15.2. The lowest BCUT2D eigenvalue weighted by Gasteiger charge is -2.08. The van der Waals surface area contributed by atoms with Crippen LogP contribution < -0.4 is 4.74 Å². The fourth-order valence-electron chi connectivity index (χ4n) is 2.21.